The first-order valence-corrected chi connectivity index (χ1v) is 11.3. The van der Waals surface area contributed by atoms with Gasteiger partial charge in [0.15, 0.2) is 0 Å². The lowest BCUT2D eigenvalue weighted by Crippen LogP contribution is -2.16. The van der Waals surface area contributed by atoms with Gasteiger partial charge >= 0.3 is 0 Å². The van der Waals surface area contributed by atoms with E-state index in [0.717, 1.165) is 36.4 Å². The topological polar surface area (TPSA) is 102 Å². The molecule has 7 nitrogen and oxygen atoms in total. The Bertz CT molecular complexity index is 1280. The number of nitrogens with one attached hydrogen (secondary N) is 2. The number of sulfonamides is 2. The van der Waals surface area contributed by atoms with Gasteiger partial charge in [0.1, 0.15) is 22.3 Å². The van der Waals surface area contributed by atoms with E-state index in [0.29, 0.717) is 0 Å². The maximum atomic E-state index is 13.9. The summed E-state index contributed by atoms with van der Waals surface area (Å²) in [7, 11) is -7.08. The molecule has 0 unspecified atom stereocenters. The van der Waals surface area contributed by atoms with Crippen molar-refractivity contribution in [3.8, 4) is 5.75 Å². The average Bonchev–Trinajstić information content (AvgIpc) is 2.68. The second-order valence-corrected chi connectivity index (χ2v) is 9.34. The van der Waals surface area contributed by atoms with E-state index in [4.69, 9.17) is 4.74 Å². The van der Waals surface area contributed by atoms with Crippen molar-refractivity contribution in [2.24, 2.45) is 0 Å². The smallest absolute Gasteiger partial charge is 0.264 e. The molecular weight excluding hydrogens is 438 g/mol. The van der Waals surface area contributed by atoms with Crippen molar-refractivity contribution in [3.05, 3.63) is 78.4 Å². The van der Waals surface area contributed by atoms with Crippen LogP contribution in [0.15, 0.2) is 76.5 Å². The van der Waals surface area contributed by atoms with Crippen molar-refractivity contribution in [2.75, 3.05) is 16.6 Å². The third-order valence-electron chi connectivity index (χ3n) is 3.95. The van der Waals surface area contributed by atoms with E-state index in [-0.39, 0.29) is 22.0 Å². The fourth-order valence-corrected chi connectivity index (χ4v) is 4.73. The summed E-state index contributed by atoms with van der Waals surface area (Å²) in [6, 6.07) is 12.8. The summed E-state index contributed by atoms with van der Waals surface area (Å²) in [6.07, 6.45) is 0. The largest absolute Gasteiger partial charge is 0.495 e. The number of ether oxygens (including phenoxy) is 1. The standard InChI is InChI=1S/C19H16F2N2O5S2/c1-28-18-11-8-14(22-30(26,27)19-5-3-2-4-16(19)21)12-17(18)23-29(24,25)15-9-6-13(20)7-10-15/h2-12,22-23H,1H3. The van der Waals surface area contributed by atoms with Gasteiger partial charge in [-0.2, -0.15) is 0 Å². The Labute approximate surface area is 172 Å². The predicted molar refractivity (Wildman–Crippen MR) is 107 cm³/mol. The number of benzene rings is 3. The molecule has 0 atom stereocenters. The first-order valence-electron chi connectivity index (χ1n) is 8.36. The molecule has 30 heavy (non-hydrogen) atoms. The van der Waals surface area contributed by atoms with Gasteiger partial charge in [-0.1, -0.05) is 12.1 Å². The molecule has 2 N–H and O–H groups in total. The summed E-state index contributed by atoms with van der Waals surface area (Å²) < 4.78 is 86.6. The number of rotatable bonds is 7. The quantitative estimate of drug-likeness (QED) is 0.568. The predicted octanol–water partition coefficient (Wildman–Crippen LogP) is 3.58. The van der Waals surface area contributed by atoms with Gasteiger partial charge in [-0.05, 0) is 54.6 Å². The van der Waals surface area contributed by atoms with E-state index in [1.807, 2.05) is 0 Å². The molecule has 0 bridgehead atoms. The van der Waals surface area contributed by atoms with Crippen LogP contribution in [-0.2, 0) is 20.0 Å². The Hall–Kier alpha value is -3.18. The molecule has 3 rings (SSSR count). The Morgan fingerprint density at radius 3 is 2.10 bits per heavy atom. The van der Waals surface area contributed by atoms with Gasteiger partial charge in [0.05, 0.1) is 23.4 Å². The van der Waals surface area contributed by atoms with Crippen molar-refractivity contribution in [1.29, 1.82) is 0 Å². The van der Waals surface area contributed by atoms with Gasteiger partial charge in [0, 0.05) is 0 Å². The van der Waals surface area contributed by atoms with Crippen molar-refractivity contribution >= 4 is 31.4 Å². The van der Waals surface area contributed by atoms with Crippen molar-refractivity contribution < 1.29 is 30.4 Å². The van der Waals surface area contributed by atoms with Gasteiger partial charge in [0.25, 0.3) is 20.0 Å². The Morgan fingerprint density at radius 1 is 0.800 bits per heavy atom. The summed E-state index contributed by atoms with van der Waals surface area (Å²) >= 11 is 0. The van der Waals surface area contributed by atoms with Gasteiger partial charge in [-0.3, -0.25) is 9.44 Å². The van der Waals surface area contributed by atoms with Crippen LogP contribution >= 0.6 is 0 Å². The number of halogens is 2. The van der Waals surface area contributed by atoms with Crippen LogP contribution in [0, 0.1) is 11.6 Å². The lowest BCUT2D eigenvalue weighted by atomic mass is 10.2. The number of hydrogen-bond donors (Lipinski definition) is 2. The van der Waals surface area contributed by atoms with Crippen molar-refractivity contribution in [1.82, 2.24) is 0 Å². The second-order valence-electron chi connectivity index (χ2n) is 6.01. The normalized spacial score (nSPS) is 11.7. The highest BCUT2D eigenvalue weighted by atomic mass is 32.2. The minimum absolute atomic E-state index is 0.0316. The van der Waals surface area contributed by atoms with E-state index in [1.54, 1.807) is 0 Å². The molecule has 0 radical (unpaired) electrons. The van der Waals surface area contributed by atoms with Crippen LogP contribution in [0.1, 0.15) is 0 Å². The zero-order valence-corrected chi connectivity index (χ0v) is 17.1. The molecule has 11 heteroatoms. The van der Waals surface area contributed by atoms with E-state index >= 15 is 0 Å². The third kappa shape index (κ3) is 4.69. The zero-order chi connectivity index (χ0) is 21.9. The molecule has 3 aromatic rings. The van der Waals surface area contributed by atoms with E-state index in [9.17, 15) is 25.6 Å². The Morgan fingerprint density at radius 2 is 1.47 bits per heavy atom. The highest BCUT2D eigenvalue weighted by Crippen LogP contribution is 2.31. The summed E-state index contributed by atoms with van der Waals surface area (Å²) in [4.78, 5) is -0.766. The molecule has 158 valence electrons. The number of hydrogen-bond acceptors (Lipinski definition) is 5. The number of anilines is 2. The molecule has 0 aliphatic rings. The average molecular weight is 454 g/mol. The summed E-state index contributed by atoms with van der Waals surface area (Å²) in [5, 5.41) is 0. The van der Waals surface area contributed by atoms with Gasteiger partial charge in [-0.15, -0.1) is 0 Å². The Balaban J connectivity index is 1.94. The van der Waals surface area contributed by atoms with Gasteiger partial charge < -0.3 is 4.74 Å². The van der Waals surface area contributed by atoms with Crippen LogP contribution in [0.5, 0.6) is 5.75 Å². The molecule has 0 spiro atoms. The fraction of sp³-hybridized carbons (Fsp3) is 0.0526. The molecule has 0 amide bonds. The van der Waals surface area contributed by atoms with Crippen LogP contribution < -0.4 is 14.2 Å². The molecule has 0 aliphatic carbocycles. The first-order chi connectivity index (χ1) is 14.1. The SMILES string of the molecule is COc1ccc(NS(=O)(=O)c2ccccc2F)cc1NS(=O)(=O)c1ccc(F)cc1. The van der Waals surface area contributed by atoms with E-state index in [2.05, 4.69) is 9.44 Å². The fourth-order valence-electron chi connectivity index (χ4n) is 2.54. The molecule has 0 saturated heterocycles. The molecule has 0 saturated carbocycles. The van der Waals surface area contributed by atoms with Crippen molar-refractivity contribution in [3.63, 3.8) is 0 Å². The van der Waals surface area contributed by atoms with Gasteiger partial charge in [-0.25, -0.2) is 25.6 Å². The maximum absolute atomic E-state index is 13.9. The van der Waals surface area contributed by atoms with E-state index < -0.39 is 36.6 Å². The summed E-state index contributed by atoms with van der Waals surface area (Å²) in [5.74, 6) is -1.43. The molecule has 0 heterocycles. The lowest BCUT2D eigenvalue weighted by molar-refractivity contribution is 0.417. The first kappa shape index (κ1) is 21.5. The highest BCUT2D eigenvalue weighted by molar-refractivity contribution is 7.93. The molecule has 0 aliphatic heterocycles. The molecular formula is C19H16F2N2O5S2. The Kier molecular flexibility index (Phi) is 5.94. The van der Waals surface area contributed by atoms with Gasteiger partial charge in [0.2, 0.25) is 0 Å². The molecule has 0 aromatic heterocycles. The van der Waals surface area contributed by atoms with Crippen LogP contribution in [-0.4, -0.2) is 23.9 Å². The zero-order valence-electron chi connectivity index (χ0n) is 15.5. The highest BCUT2D eigenvalue weighted by Gasteiger charge is 2.21. The lowest BCUT2D eigenvalue weighted by Gasteiger charge is -2.15. The second kappa shape index (κ2) is 8.28. The van der Waals surface area contributed by atoms with Crippen LogP contribution in [0.3, 0.4) is 0 Å². The summed E-state index contributed by atoms with van der Waals surface area (Å²) in [6.45, 7) is 0. The van der Waals surface area contributed by atoms with Crippen LogP contribution in [0.2, 0.25) is 0 Å². The maximum Gasteiger partial charge on any atom is 0.264 e. The number of methoxy groups -OCH3 is 1. The van der Waals surface area contributed by atoms with Crippen LogP contribution in [0.25, 0.3) is 0 Å². The monoisotopic (exact) mass is 454 g/mol. The minimum Gasteiger partial charge on any atom is -0.495 e. The molecule has 3 aromatic carbocycles. The third-order valence-corrected chi connectivity index (χ3v) is 6.74. The minimum atomic E-state index is -4.27. The molecule has 0 fully saturated rings. The van der Waals surface area contributed by atoms with Crippen LogP contribution in [0.4, 0.5) is 20.2 Å². The van der Waals surface area contributed by atoms with E-state index in [1.165, 1.54) is 37.4 Å². The summed E-state index contributed by atoms with van der Waals surface area (Å²) in [5.41, 5.74) is -0.105. The van der Waals surface area contributed by atoms with Crippen molar-refractivity contribution in [2.45, 2.75) is 9.79 Å².